The van der Waals surface area contributed by atoms with Gasteiger partial charge in [-0.1, -0.05) is 0 Å². The van der Waals surface area contributed by atoms with Crippen molar-refractivity contribution < 1.29 is 9.53 Å². The molecule has 0 atom stereocenters. The molecule has 1 N–H and O–H groups in total. The maximum absolute atomic E-state index is 10.8. The molecular weight excluding hydrogens is 144 g/mol. The second-order valence-electron chi connectivity index (χ2n) is 2.23. The van der Waals surface area contributed by atoms with E-state index < -0.39 is 6.09 Å². The highest BCUT2D eigenvalue weighted by molar-refractivity contribution is 5.71. The standard InChI is InChI=1S/C7H6N2O2/c10-7-9-4-5-3-6(11-7)1-2-8-5/h1-3H,4H2,(H,9,10). The Morgan fingerprint density at radius 1 is 1.64 bits per heavy atom. The highest BCUT2D eigenvalue weighted by atomic mass is 16.6. The summed E-state index contributed by atoms with van der Waals surface area (Å²) in [7, 11) is 0. The number of ether oxygens (including phenoxy) is 1. The number of aromatic nitrogens is 1. The van der Waals surface area contributed by atoms with Gasteiger partial charge in [-0.25, -0.2) is 4.79 Å². The SMILES string of the molecule is O=C1NCc2cc(ccn2)O1. The lowest BCUT2D eigenvalue weighted by Crippen LogP contribution is -2.24. The van der Waals surface area contributed by atoms with E-state index in [2.05, 4.69) is 10.3 Å². The van der Waals surface area contributed by atoms with Crippen LogP contribution in [0.3, 0.4) is 0 Å². The zero-order chi connectivity index (χ0) is 7.68. The molecule has 56 valence electrons. The van der Waals surface area contributed by atoms with Crippen LogP contribution in [-0.2, 0) is 6.54 Å². The van der Waals surface area contributed by atoms with Crippen molar-refractivity contribution >= 4 is 6.09 Å². The van der Waals surface area contributed by atoms with E-state index in [1.165, 1.54) is 0 Å². The van der Waals surface area contributed by atoms with Gasteiger partial charge < -0.3 is 10.1 Å². The van der Waals surface area contributed by atoms with Gasteiger partial charge in [0.15, 0.2) is 0 Å². The second-order valence-corrected chi connectivity index (χ2v) is 2.23. The zero-order valence-corrected chi connectivity index (χ0v) is 5.70. The topological polar surface area (TPSA) is 51.2 Å². The molecule has 0 aliphatic carbocycles. The van der Waals surface area contributed by atoms with E-state index in [1.54, 1.807) is 18.3 Å². The van der Waals surface area contributed by atoms with Crippen molar-refractivity contribution in [3.8, 4) is 5.75 Å². The first-order valence-electron chi connectivity index (χ1n) is 3.25. The first kappa shape index (κ1) is 6.15. The molecule has 0 saturated heterocycles. The van der Waals surface area contributed by atoms with Crippen molar-refractivity contribution in [3.05, 3.63) is 24.0 Å². The summed E-state index contributed by atoms with van der Waals surface area (Å²) in [6.07, 6.45) is 1.19. The molecule has 2 bridgehead atoms. The summed E-state index contributed by atoms with van der Waals surface area (Å²) in [5, 5.41) is 2.53. The predicted octanol–water partition coefficient (Wildman–Crippen LogP) is 0.684. The largest absolute Gasteiger partial charge is 0.412 e. The van der Waals surface area contributed by atoms with Crippen LogP contribution in [0.25, 0.3) is 0 Å². The Balaban J connectivity index is 2.42. The van der Waals surface area contributed by atoms with Crippen molar-refractivity contribution in [1.29, 1.82) is 0 Å². The van der Waals surface area contributed by atoms with Gasteiger partial charge in [0.1, 0.15) is 5.75 Å². The van der Waals surface area contributed by atoms with Gasteiger partial charge in [-0.3, -0.25) is 4.98 Å². The second kappa shape index (κ2) is 2.23. The van der Waals surface area contributed by atoms with Crippen LogP contribution in [-0.4, -0.2) is 11.1 Å². The van der Waals surface area contributed by atoms with Gasteiger partial charge in [0.25, 0.3) is 0 Å². The average molecular weight is 150 g/mol. The molecule has 4 nitrogen and oxygen atoms in total. The predicted molar refractivity (Wildman–Crippen MR) is 37.1 cm³/mol. The van der Waals surface area contributed by atoms with Crippen LogP contribution >= 0.6 is 0 Å². The van der Waals surface area contributed by atoms with Gasteiger partial charge in [0.05, 0.1) is 12.2 Å². The van der Waals surface area contributed by atoms with Gasteiger partial charge >= 0.3 is 6.09 Å². The van der Waals surface area contributed by atoms with Crippen LogP contribution in [0.15, 0.2) is 18.3 Å². The van der Waals surface area contributed by atoms with Crippen molar-refractivity contribution in [2.75, 3.05) is 0 Å². The number of fused-ring (bicyclic) bond motifs is 2. The number of hydrogen-bond donors (Lipinski definition) is 1. The molecule has 0 radical (unpaired) electrons. The smallest absolute Gasteiger partial charge is 0.410 e. The minimum absolute atomic E-state index is 0.423. The number of amides is 1. The minimum atomic E-state index is -0.423. The third-order valence-corrected chi connectivity index (χ3v) is 1.41. The maximum atomic E-state index is 10.8. The summed E-state index contributed by atoms with van der Waals surface area (Å²) in [6.45, 7) is 0.437. The molecule has 0 spiro atoms. The fourth-order valence-corrected chi connectivity index (χ4v) is 0.922. The Labute approximate surface area is 63.2 Å². The summed E-state index contributed by atoms with van der Waals surface area (Å²) in [6, 6.07) is 3.38. The minimum Gasteiger partial charge on any atom is -0.410 e. The van der Waals surface area contributed by atoms with Gasteiger partial charge in [0.2, 0.25) is 0 Å². The molecule has 1 aromatic heterocycles. The molecule has 1 aliphatic rings. The lowest BCUT2D eigenvalue weighted by Gasteiger charge is -1.97. The average Bonchev–Trinajstić information content (AvgIpc) is 2.12. The molecule has 1 aliphatic heterocycles. The van der Waals surface area contributed by atoms with E-state index in [-0.39, 0.29) is 0 Å². The van der Waals surface area contributed by atoms with Crippen LogP contribution < -0.4 is 10.1 Å². The van der Waals surface area contributed by atoms with Crippen LogP contribution in [0.5, 0.6) is 5.75 Å². The Kier molecular flexibility index (Phi) is 1.25. The maximum Gasteiger partial charge on any atom is 0.412 e. The van der Waals surface area contributed by atoms with Gasteiger partial charge in [-0.15, -0.1) is 0 Å². The summed E-state index contributed by atoms with van der Waals surface area (Å²) >= 11 is 0. The zero-order valence-electron chi connectivity index (χ0n) is 5.70. The molecule has 0 fully saturated rings. The molecule has 0 saturated carbocycles. The van der Waals surface area contributed by atoms with E-state index in [9.17, 15) is 4.79 Å². The van der Waals surface area contributed by atoms with Crippen molar-refractivity contribution in [2.45, 2.75) is 6.54 Å². The summed E-state index contributed by atoms with van der Waals surface area (Å²) in [5.74, 6) is 0.546. The van der Waals surface area contributed by atoms with Crippen LogP contribution in [0.1, 0.15) is 5.69 Å². The first-order valence-corrected chi connectivity index (χ1v) is 3.25. The molecule has 1 amide bonds. The van der Waals surface area contributed by atoms with Crippen LogP contribution in [0.2, 0.25) is 0 Å². The van der Waals surface area contributed by atoms with Crippen LogP contribution in [0.4, 0.5) is 4.79 Å². The lowest BCUT2D eigenvalue weighted by atomic mass is 10.3. The summed E-state index contributed by atoms with van der Waals surface area (Å²) < 4.78 is 4.83. The molecule has 2 heterocycles. The number of carbonyl (C=O) groups is 1. The van der Waals surface area contributed by atoms with E-state index in [0.29, 0.717) is 12.3 Å². The van der Waals surface area contributed by atoms with Gasteiger partial charge in [-0.05, 0) is 6.07 Å². The van der Waals surface area contributed by atoms with E-state index >= 15 is 0 Å². The number of pyridine rings is 1. The van der Waals surface area contributed by atoms with Gasteiger partial charge in [-0.2, -0.15) is 0 Å². The number of carbonyl (C=O) groups excluding carboxylic acids is 1. The van der Waals surface area contributed by atoms with Gasteiger partial charge in [0, 0.05) is 12.3 Å². The quantitative estimate of drug-likeness (QED) is 0.591. The number of nitrogens with one attached hydrogen (secondary N) is 1. The number of rotatable bonds is 0. The lowest BCUT2D eigenvalue weighted by molar-refractivity contribution is 0.201. The van der Waals surface area contributed by atoms with E-state index in [1.807, 2.05) is 0 Å². The molecule has 2 rings (SSSR count). The number of nitrogens with zero attached hydrogens (tertiary/aromatic N) is 1. The summed E-state index contributed by atoms with van der Waals surface area (Å²) in [5.41, 5.74) is 0.813. The van der Waals surface area contributed by atoms with E-state index in [4.69, 9.17) is 4.74 Å². The highest BCUT2D eigenvalue weighted by Crippen LogP contribution is 2.13. The molecule has 0 aromatic carbocycles. The molecule has 4 heteroatoms. The Morgan fingerprint density at radius 3 is 3.45 bits per heavy atom. The molecule has 1 aromatic rings. The van der Waals surface area contributed by atoms with Crippen molar-refractivity contribution in [1.82, 2.24) is 10.3 Å². The third-order valence-electron chi connectivity index (χ3n) is 1.41. The Hall–Kier alpha value is -1.58. The fourth-order valence-electron chi connectivity index (χ4n) is 0.922. The monoisotopic (exact) mass is 150 g/mol. The fraction of sp³-hybridized carbons (Fsp3) is 0.143. The Morgan fingerprint density at radius 2 is 2.55 bits per heavy atom. The van der Waals surface area contributed by atoms with E-state index in [0.717, 1.165) is 5.69 Å². The van der Waals surface area contributed by atoms with Crippen molar-refractivity contribution in [3.63, 3.8) is 0 Å². The Bertz CT molecular complexity index is 298. The summed E-state index contributed by atoms with van der Waals surface area (Å²) in [4.78, 5) is 14.8. The molecule has 0 unspecified atom stereocenters. The third kappa shape index (κ3) is 1.14. The molecule has 11 heavy (non-hydrogen) atoms. The normalized spacial score (nSPS) is 14.7. The first-order chi connectivity index (χ1) is 5.34. The van der Waals surface area contributed by atoms with Crippen molar-refractivity contribution in [2.24, 2.45) is 0 Å². The highest BCUT2D eigenvalue weighted by Gasteiger charge is 2.09. The molecular formula is C7H6N2O2. The van der Waals surface area contributed by atoms with Crippen LogP contribution in [0, 0.1) is 0 Å². The number of hydrogen-bond acceptors (Lipinski definition) is 3.